The van der Waals surface area contributed by atoms with E-state index in [4.69, 9.17) is 9.47 Å². The van der Waals surface area contributed by atoms with Crippen LogP contribution in [-0.2, 0) is 0 Å². The maximum atomic E-state index is 13.8. The molecular weight excluding hydrogens is 321 g/mol. The fourth-order valence-corrected chi connectivity index (χ4v) is 2.51. The molecule has 0 bridgehead atoms. The Morgan fingerprint density at radius 2 is 1.92 bits per heavy atom. The number of carbonyl (C=O) groups excluding carboxylic acids is 1. The first-order valence-corrected chi connectivity index (χ1v) is 8.24. The zero-order chi connectivity index (χ0) is 18.4. The van der Waals surface area contributed by atoms with Crippen molar-refractivity contribution in [2.45, 2.75) is 27.2 Å². The van der Waals surface area contributed by atoms with Gasteiger partial charge in [0.05, 0.1) is 19.3 Å². The van der Waals surface area contributed by atoms with Gasteiger partial charge in [0.25, 0.3) is 5.91 Å². The van der Waals surface area contributed by atoms with Gasteiger partial charge in [-0.2, -0.15) is 0 Å². The summed E-state index contributed by atoms with van der Waals surface area (Å²) in [5.41, 5.74) is 3.47. The Kier molecular flexibility index (Phi) is 6.39. The number of methoxy groups -OCH3 is 1. The summed E-state index contributed by atoms with van der Waals surface area (Å²) in [5, 5.41) is 2.70. The zero-order valence-corrected chi connectivity index (χ0v) is 15.1. The second-order valence-electron chi connectivity index (χ2n) is 6.01. The number of nitrogens with one attached hydrogen (secondary N) is 1. The molecule has 2 rings (SSSR count). The van der Waals surface area contributed by atoms with E-state index in [0.717, 1.165) is 16.9 Å². The number of halogens is 1. The number of benzene rings is 2. The third-order valence-corrected chi connectivity index (χ3v) is 4.05. The van der Waals surface area contributed by atoms with Gasteiger partial charge in [0.15, 0.2) is 0 Å². The number of rotatable bonds is 7. The van der Waals surface area contributed by atoms with E-state index in [0.29, 0.717) is 25.3 Å². The van der Waals surface area contributed by atoms with Gasteiger partial charge >= 0.3 is 0 Å². The monoisotopic (exact) mass is 345 g/mol. The van der Waals surface area contributed by atoms with Crippen molar-refractivity contribution in [2.75, 3.05) is 20.3 Å². The van der Waals surface area contributed by atoms with Crippen LogP contribution in [0.2, 0.25) is 0 Å². The summed E-state index contributed by atoms with van der Waals surface area (Å²) in [4.78, 5) is 12.0. The Bertz CT molecular complexity index is 759. The minimum Gasteiger partial charge on any atom is -0.497 e. The summed E-state index contributed by atoms with van der Waals surface area (Å²) >= 11 is 0. The molecule has 0 aliphatic carbocycles. The Morgan fingerprint density at radius 3 is 2.60 bits per heavy atom. The molecule has 1 N–H and O–H groups in total. The lowest BCUT2D eigenvalue weighted by molar-refractivity contribution is 0.0947. The van der Waals surface area contributed by atoms with Gasteiger partial charge in [0, 0.05) is 12.6 Å². The molecule has 0 aliphatic heterocycles. The standard InChI is InChI=1S/C20H24FNO3/c1-13-10-14(2)15(3)19(11-13)25-9-5-8-22-20(23)17-7-6-16(24-4)12-18(17)21/h6-7,10-12H,5,8-9H2,1-4H3,(H,22,23). The molecule has 5 heteroatoms. The number of ether oxygens (including phenoxy) is 2. The molecule has 0 saturated heterocycles. The fraction of sp³-hybridized carbons (Fsp3) is 0.350. The van der Waals surface area contributed by atoms with Crippen LogP contribution in [0, 0.1) is 26.6 Å². The van der Waals surface area contributed by atoms with Crippen molar-refractivity contribution in [3.8, 4) is 11.5 Å². The first-order valence-electron chi connectivity index (χ1n) is 8.24. The minimum absolute atomic E-state index is 0.00636. The average Bonchev–Trinajstić information content (AvgIpc) is 2.58. The largest absolute Gasteiger partial charge is 0.497 e. The van der Waals surface area contributed by atoms with Gasteiger partial charge in [-0.05, 0) is 62.1 Å². The highest BCUT2D eigenvalue weighted by atomic mass is 19.1. The molecule has 0 radical (unpaired) electrons. The van der Waals surface area contributed by atoms with E-state index in [1.165, 1.54) is 24.8 Å². The van der Waals surface area contributed by atoms with E-state index in [1.807, 2.05) is 19.9 Å². The van der Waals surface area contributed by atoms with Crippen LogP contribution in [0.1, 0.15) is 33.5 Å². The lowest BCUT2D eigenvalue weighted by Gasteiger charge is -2.12. The molecule has 1 amide bonds. The minimum atomic E-state index is -0.598. The smallest absolute Gasteiger partial charge is 0.254 e. The topological polar surface area (TPSA) is 47.6 Å². The number of amides is 1. The van der Waals surface area contributed by atoms with Crippen molar-refractivity contribution in [2.24, 2.45) is 0 Å². The molecule has 0 heterocycles. The van der Waals surface area contributed by atoms with Gasteiger partial charge in [-0.3, -0.25) is 4.79 Å². The molecule has 0 saturated carbocycles. The van der Waals surface area contributed by atoms with Gasteiger partial charge in [-0.15, -0.1) is 0 Å². The molecule has 4 nitrogen and oxygen atoms in total. The lowest BCUT2D eigenvalue weighted by Crippen LogP contribution is -2.26. The van der Waals surface area contributed by atoms with Crippen LogP contribution < -0.4 is 14.8 Å². The molecule has 2 aromatic rings. The molecule has 134 valence electrons. The van der Waals surface area contributed by atoms with E-state index in [2.05, 4.69) is 18.3 Å². The lowest BCUT2D eigenvalue weighted by atomic mass is 10.1. The van der Waals surface area contributed by atoms with Crippen molar-refractivity contribution in [3.63, 3.8) is 0 Å². The fourth-order valence-electron chi connectivity index (χ4n) is 2.51. The summed E-state index contributed by atoms with van der Waals surface area (Å²) in [6.45, 7) is 7.00. The van der Waals surface area contributed by atoms with Gasteiger partial charge in [0.1, 0.15) is 17.3 Å². The predicted molar refractivity (Wildman–Crippen MR) is 96.1 cm³/mol. The Morgan fingerprint density at radius 1 is 1.16 bits per heavy atom. The van der Waals surface area contributed by atoms with Crippen molar-refractivity contribution in [1.29, 1.82) is 0 Å². The summed E-state index contributed by atoms with van der Waals surface area (Å²) in [6.07, 6.45) is 0.635. The van der Waals surface area contributed by atoms with Crippen LogP contribution in [0.4, 0.5) is 4.39 Å². The van der Waals surface area contributed by atoms with Gasteiger partial charge in [-0.25, -0.2) is 4.39 Å². The van der Waals surface area contributed by atoms with Crippen LogP contribution in [0.25, 0.3) is 0 Å². The van der Waals surface area contributed by atoms with E-state index >= 15 is 0 Å². The quantitative estimate of drug-likeness (QED) is 0.773. The van der Waals surface area contributed by atoms with E-state index in [-0.39, 0.29) is 5.56 Å². The van der Waals surface area contributed by atoms with Crippen LogP contribution in [0.3, 0.4) is 0 Å². The third-order valence-electron chi connectivity index (χ3n) is 4.05. The van der Waals surface area contributed by atoms with Gasteiger partial charge < -0.3 is 14.8 Å². The molecule has 0 aliphatic rings. The van der Waals surface area contributed by atoms with Crippen LogP contribution in [-0.4, -0.2) is 26.2 Å². The molecule has 0 spiro atoms. The van der Waals surface area contributed by atoms with Crippen molar-refractivity contribution < 1.29 is 18.7 Å². The Hall–Kier alpha value is -2.56. The molecule has 2 aromatic carbocycles. The maximum Gasteiger partial charge on any atom is 0.254 e. The molecule has 0 fully saturated rings. The summed E-state index contributed by atoms with van der Waals surface area (Å²) in [5.74, 6) is 0.206. The average molecular weight is 345 g/mol. The summed E-state index contributed by atoms with van der Waals surface area (Å²) in [7, 11) is 1.45. The van der Waals surface area contributed by atoms with Gasteiger partial charge in [0.2, 0.25) is 0 Å². The highest BCUT2D eigenvalue weighted by molar-refractivity contribution is 5.94. The van der Waals surface area contributed by atoms with Crippen LogP contribution in [0.5, 0.6) is 11.5 Å². The maximum absolute atomic E-state index is 13.8. The number of aryl methyl sites for hydroxylation is 2. The molecule has 0 aromatic heterocycles. The van der Waals surface area contributed by atoms with Crippen molar-refractivity contribution in [1.82, 2.24) is 5.32 Å². The van der Waals surface area contributed by atoms with Gasteiger partial charge in [-0.1, -0.05) is 6.07 Å². The first-order chi connectivity index (χ1) is 11.9. The Balaban J connectivity index is 1.81. The molecule has 0 unspecified atom stereocenters. The van der Waals surface area contributed by atoms with Crippen LogP contribution >= 0.6 is 0 Å². The van der Waals surface area contributed by atoms with E-state index in [9.17, 15) is 9.18 Å². The van der Waals surface area contributed by atoms with Crippen LogP contribution in [0.15, 0.2) is 30.3 Å². The number of hydrogen-bond donors (Lipinski definition) is 1. The van der Waals surface area contributed by atoms with E-state index < -0.39 is 11.7 Å². The SMILES string of the molecule is COc1ccc(C(=O)NCCCOc2cc(C)cc(C)c2C)c(F)c1. The highest BCUT2D eigenvalue weighted by Crippen LogP contribution is 2.23. The zero-order valence-electron chi connectivity index (χ0n) is 15.1. The predicted octanol–water partition coefficient (Wildman–Crippen LogP) is 3.96. The summed E-state index contributed by atoms with van der Waals surface area (Å²) < 4.78 is 24.6. The van der Waals surface area contributed by atoms with E-state index in [1.54, 1.807) is 6.07 Å². The van der Waals surface area contributed by atoms with Crippen molar-refractivity contribution in [3.05, 3.63) is 58.4 Å². The highest BCUT2D eigenvalue weighted by Gasteiger charge is 2.12. The number of carbonyl (C=O) groups is 1. The van der Waals surface area contributed by atoms with Crippen molar-refractivity contribution >= 4 is 5.91 Å². The normalized spacial score (nSPS) is 10.4. The third kappa shape index (κ3) is 4.95. The second kappa shape index (κ2) is 8.51. The second-order valence-corrected chi connectivity index (χ2v) is 6.01. The first kappa shape index (κ1) is 18.8. The molecule has 0 atom stereocenters. The Labute approximate surface area is 148 Å². The molecular formula is C20H24FNO3. The summed E-state index contributed by atoms with van der Waals surface area (Å²) in [6, 6.07) is 8.29. The molecule has 25 heavy (non-hydrogen) atoms. The number of hydrogen-bond acceptors (Lipinski definition) is 3.